The molecule has 4 aromatic rings. The zero-order valence-electron chi connectivity index (χ0n) is 18.3. The third kappa shape index (κ3) is 5.14. The quantitative estimate of drug-likeness (QED) is 0.409. The molecule has 0 fully saturated rings. The molecule has 1 amide bonds. The van der Waals surface area contributed by atoms with Crippen molar-refractivity contribution in [2.45, 2.75) is 6.54 Å². The van der Waals surface area contributed by atoms with Crippen LogP contribution in [0.15, 0.2) is 77.7 Å². The zero-order valence-corrected chi connectivity index (χ0v) is 18.3. The number of hydrogen-bond acceptors (Lipinski definition) is 6. The molecule has 0 aliphatic carbocycles. The average Bonchev–Trinajstić information content (AvgIpc) is 3.17. The fraction of sp³-hybridized carbons (Fsp3) is 0.120. The first-order chi connectivity index (χ1) is 16.6. The Labute approximate surface area is 195 Å². The smallest absolute Gasteiger partial charge is 0.350 e. The molecule has 0 saturated carbocycles. The average molecular weight is 455 g/mol. The van der Waals surface area contributed by atoms with Gasteiger partial charge in [0.15, 0.2) is 23.8 Å². The van der Waals surface area contributed by atoms with Crippen molar-refractivity contribution in [3.63, 3.8) is 0 Å². The molecule has 0 spiro atoms. The summed E-state index contributed by atoms with van der Waals surface area (Å²) in [4.78, 5) is 24.9. The Morgan fingerprint density at radius 1 is 1.15 bits per heavy atom. The van der Waals surface area contributed by atoms with Gasteiger partial charge in [-0.05, 0) is 53.6 Å². The summed E-state index contributed by atoms with van der Waals surface area (Å²) in [6, 6.07) is 19.7. The number of nitrogens with zero attached hydrogens (tertiary/aromatic N) is 4. The van der Waals surface area contributed by atoms with Crippen molar-refractivity contribution in [2.75, 3.05) is 19.0 Å². The highest BCUT2D eigenvalue weighted by molar-refractivity contribution is 6.02. The van der Waals surface area contributed by atoms with E-state index in [4.69, 9.17) is 14.7 Å². The van der Waals surface area contributed by atoms with Crippen LogP contribution in [0.1, 0.15) is 11.1 Å². The number of amides is 1. The van der Waals surface area contributed by atoms with Gasteiger partial charge in [0.1, 0.15) is 6.07 Å². The molecular weight excluding hydrogens is 434 g/mol. The van der Waals surface area contributed by atoms with E-state index in [-0.39, 0.29) is 24.7 Å². The molecule has 2 heterocycles. The second-order valence-corrected chi connectivity index (χ2v) is 7.25. The maximum atomic E-state index is 12.5. The predicted molar refractivity (Wildman–Crippen MR) is 127 cm³/mol. The molecule has 170 valence electrons. The minimum Gasteiger partial charge on any atom is -0.493 e. The number of fused-ring (bicyclic) bond motifs is 1. The summed E-state index contributed by atoms with van der Waals surface area (Å²) in [6.07, 6.45) is 4.72. The van der Waals surface area contributed by atoms with Gasteiger partial charge in [-0.2, -0.15) is 5.26 Å². The number of aromatic nitrogens is 3. The second kappa shape index (κ2) is 10.2. The zero-order chi connectivity index (χ0) is 23.9. The van der Waals surface area contributed by atoms with Crippen molar-refractivity contribution in [1.29, 1.82) is 5.26 Å². The van der Waals surface area contributed by atoms with Crippen LogP contribution in [0.4, 0.5) is 5.69 Å². The van der Waals surface area contributed by atoms with E-state index in [0.29, 0.717) is 22.8 Å². The van der Waals surface area contributed by atoms with E-state index in [1.807, 2.05) is 18.2 Å². The molecule has 0 atom stereocenters. The van der Waals surface area contributed by atoms with E-state index in [1.165, 1.54) is 22.3 Å². The van der Waals surface area contributed by atoms with E-state index in [0.717, 1.165) is 11.1 Å². The summed E-state index contributed by atoms with van der Waals surface area (Å²) in [6.45, 7) is 0.193. The van der Waals surface area contributed by atoms with Gasteiger partial charge in [0.25, 0.3) is 0 Å². The van der Waals surface area contributed by atoms with Crippen LogP contribution < -0.4 is 20.5 Å². The van der Waals surface area contributed by atoms with Crippen LogP contribution in [0.25, 0.3) is 11.7 Å². The summed E-state index contributed by atoms with van der Waals surface area (Å²) < 4.78 is 13.4. The molecule has 9 heteroatoms. The Balaban J connectivity index is 1.43. The SMILES string of the molecule is COc1cc(/C=C/C(=O)Nc2cccc(Cn3nc4ccccn4c3=O)c2)ccc1OCC#N. The predicted octanol–water partition coefficient (Wildman–Crippen LogP) is 3.11. The van der Waals surface area contributed by atoms with Crippen LogP contribution in [0.2, 0.25) is 0 Å². The molecule has 34 heavy (non-hydrogen) atoms. The second-order valence-electron chi connectivity index (χ2n) is 7.25. The lowest BCUT2D eigenvalue weighted by Gasteiger charge is -2.09. The van der Waals surface area contributed by atoms with Gasteiger partial charge in [-0.3, -0.25) is 9.20 Å². The Morgan fingerprint density at radius 3 is 2.82 bits per heavy atom. The fourth-order valence-electron chi connectivity index (χ4n) is 3.36. The van der Waals surface area contributed by atoms with Gasteiger partial charge in [-0.25, -0.2) is 9.48 Å². The van der Waals surface area contributed by atoms with E-state index in [1.54, 1.807) is 60.8 Å². The summed E-state index contributed by atoms with van der Waals surface area (Å²) in [7, 11) is 1.50. The van der Waals surface area contributed by atoms with Gasteiger partial charge in [-0.15, -0.1) is 5.10 Å². The van der Waals surface area contributed by atoms with E-state index < -0.39 is 0 Å². The van der Waals surface area contributed by atoms with Crippen molar-refractivity contribution in [3.8, 4) is 17.6 Å². The third-order valence-electron chi connectivity index (χ3n) is 4.92. The molecule has 2 aromatic carbocycles. The first-order valence-electron chi connectivity index (χ1n) is 10.4. The molecule has 0 unspecified atom stereocenters. The Morgan fingerprint density at radius 2 is 2.03 bits per heavy atom. The number of hydrogen-bond donors (Lipinski definition) is 1. The molecule has 0 bridgehead atoms. The van der Waals surface area contributed by atoms with Crippen molar-refractivity contribution in [3.05, 3.63) is 94.5 Å². The lowest BCUT2D eigenvalue weighted by Crippen LogP contribution is -2.21. The van der Waals surface area contributed by atoms with Gasteiger partial charge in [0.2, 0.25) is 5.91 Å². The lowest BCUT2D eigenvalue weighted by atomic mass is 10.1. The number of pyridine rings is 1. The number of nitrogens with one attached hydrogen (secondary N) is 1. The molecular formula is C25H21N5O4. The van der Waals surface area contributed by atoms with E-state index >= 15 is 0 Å². The number of benzene rings is 2. The first kappa shape index (κ1) is 22.4. The highest BCUT2D eigenvalue weighted by Crippen LogP contribution is 2.28. The Bertz CT molecular complexity index is 1460. The molecule has 2 aromatic heterocycles. The van der Waals surface area contributed by atoms with Crippen LogP contribution in [-0.2, 0) is 11.3 Å². The monoisotopic (exact) mass is 455 g/mol. The normalized spacial score (nSPS) is 10.8. The number of methoxy groups -OCH3 is 1. The lowest BCUT2D eigenvalue weighted by molar-refractivity contribution is -0.111. The molecule has 0 radical (unpaired) electrons. The third-order valence-corrected chi connectivity index (χ3v) is 4.92. The summed E-state index contributed by atoms with van der Waals surface area (Å²) in [5.41, 5.74) is 2.50. The van der Waals surface area contributed by atoms with Crippen LogP contribution in [0, 0.1) is 11.3 Å². The molecule has 0 saturated heterocycles. The van der Waals surface area contributed by atoms with Crippen molar-refractivity contribution < 1.29 is 14.3 Å². The summed E-state index contributed by atoms with van der Waals surface area (Å²) >= 11 is 0. The maximum absolute atomic E-state index is 12.5. The van der Waals surface area contributed by atoms with E-state index in [9.17, 15) is 9.59 Å². The minimum atomic E-state index is -0.314. The largest absolute Gasteiger partial charge is 0.493 e. The van der Waals surface area contributed by atoms with Crippen molar-refractivity contribution >= 4 is 23.3 Å². The molecule has 4 rings (SSSR count). The summed E-state index contributed by atoms with van der Waals surface area (Å²) in [5.74, 6) is 0.602. The number of carbonyl (C=O) groups excluding carboxylic acids is 1. The highest BCUT2D eigenvalue weighted by atomic mass is 16.5. The van der Waals surface area contributed by atoms with Gasteiger partial charge in [0.05, 0.1) is 13.7 Å². The molecule has 1 N–H and O–H groups in total. The number of nitriles is 1. The summed E-state index contributed by atoms with van der Waals surface area (Å²) in [5, 5.41) is 15.8. The molecule has 0 aliphatic heterocycles. The number of ether oxygens (including phenoxy) is 2. The van der Waals surface area contributed by atoms with E-state index in [2.05, 4.69) is 10.4 Å². The van der Waals surface area contributed by atoms with Crippen LogP contribution in [0.3, 0.4) is 0 Å². The molecule has 9 nitrogen and oxygen atoms in total. The first-order valence-corrected chi connectivity index (χ1v) is 10.4. The highest BCUT2D eigenvalue weighted by Gasteiger charge is 2.08. The van der Waals surface area contributed by atoms with Gasteiger partial charge >= 0.3 is 5.69 Å². The standard InChI is InChI=1S/C25H21N5O4/c1-33-22-16-18(8-10-21(22)34-14-12-26)9-11-24(31)27-20-6-4-5-19(15-20)17-30-25(32)29-13-3-2-7-23(29)28-30/h2-11,13,15-16H,14,17H2,1H3,(H,27,31)/b11-9+. The Kier molecular flexibility index (Phi) is 6.70. The van der Waals surface area contributed by atoms with Crippen LogP contribution in [0.5, 0.6) is 11.5 Å². The topological polar surface area (TPSA) is 111 Å². The maximum Gasteiger partial charge on any atom is 0.350 e. The van der Waals surface area contributed by atoms with Crippen molar-refractivity contribution in [1.82, 2.24) is 14.2 Å². The minimum absolute atomic E-state index is 0.0845. The van der Waals surface area contributed by atoms with Gasteiger partial charge in [0, 0.05) is 18.0 Å². The number of anilines is 1. The number of carbonyl (C=O) groups is 1. The fourth-order valence-corrected chi connectivity index (χ4v) is 3.36. The van der Waals surface area contributed by atoms with Crippen molar-refractivity contribution in [2.24, 2.45) is 0 Å². The number of rotatable bonds is 8. The van der Waals surface area contributed by atoms with Crippen LogP contribution in [-0.4, -0.2) is 33.8 Å². The Hall–Kier alpha value is -4.84. The van der Waals surface area contributed by atoms with Crippen LogP contribution >= 0.6 is 0 Å². The van der Waals surface area contributed by atoms with Gasteiger partial charge < -0.3 is 14.8 Å². The molecule has 0 aliphatic rings. The van der Waals surface area contributed by atoms with Gasteiger partial charge in [-0.1, -0.05) is 24.3 Å².